The first kappa shape index (κ1) is 24.2. The minimum atomic E-state index is -0.653. The first-order valence-electron chi connectivity index (χ1n) is 11.1. The van der Waals surface area contributed by atoms with E-state index in [1.165, 1.54) is 12.7 Å². The third-order valence-electron chi connectivity index (χ3n) is 5.75. The van der Waals surface area contributed by atoms with Crippen LogP contribution in [0.25, 0.3) is 0 Å². The summed E-state index contributed by atoms with van der Waals surface area (Å²) in [6, 6.07) is 10.7. The van der Waals surface area contributed by atoms with Gasteiger partial charge in [-0.05, 0) is 55.5 Å². The lowest BCUT2D eigenvalue weighted by molar-refractivity contribution is -0.136. The Kier molecular flexibility index (Phi) is 7.98. The van der Waals surface area contributed by atoms with Gasteiger partial charge in [-0.25, -0.2) is 9.59 Å². The number of ether oxygens (including phenoxy) is 3. The van der Waals surface area contributed by atoms with Gasteiger partial charge in [0.05, 0.1) is 25.8 Å². The lowest BCUT2D eigenvalue weighted by atomic mass is 9.93. The van der Waals surface area contributed by atoms with Crippen molar-refractivity contribution in [2.24, 2.45) is 0 Å². The summed E-state index contributed by atoms with van der Waals surface area (Å²) in [5, 5.41) is 5.62. The van der Waals surface area contributed by atoms with Crippen molar-refractivity contribution in [1.29, 1.82) is 0 Å². The van der Waals surface area contributed by atoms with Gasteiger partial charge in [0.15, 0.2) is 11.5 Å². The standard InChI is InChI=1S/C26H32N2O5/c1-6-7-8-20-23(25(29)32-5)24(28-26(30)27-20)18-11-12-21(22(14-18)31-4)33-15-19-13-16(2)9-10-17(19)3/h9-14,24H,6-8,15H2,1-5H3,(H2,27,28,30). The molecule has 0 fully saturated rings. The molecule has 1 atom stereocenters. The third kappa shape index (κ3) is 5.66. The maximum atomic E-state index is 12.6. The summed E-state index contributed by atoms with van der Waals surface area (Å²) in [6.07, 6.45) is 2.36. The summed E-state index contributed by atoms with van der Waals surface area (Å²) < 4.78 is 16.7. The summed E-state index contributed by atoms with van der Waals surface area (Å²) in [5.74, 6) is 0.620. The molecule has 3 rings (SSSR count). The molecule has 1 unspecified atom stereocenters. The van der Waals surface area contributed by atoms with Crippen LogP contribution < -0.4 is 20.1 Å². The molecule has 2 aromatic carbocycles. The zero-order chi connectivity index (χ0) is 24.0. The minimum Gasteiger partial charge on any atom is -0.493 e. The van der Waals surface area contributed by atoms with E-state index in [1.54, 1.807) is 19.2 Å². The number of aryl methyl sites for hydroxylation is 2. The first-order valence-corrected chi connectivity index (χ1v) is 11.1. The number of benzene rings is 2. The predicted molar refractivity (Wildman–Crippen MR) is 126 cm³/mol. The van der Waals surface area contributed by atoms with Crippen molar-refractivity contribution in [3.63, 3.8) is 0 Å². The van der Waals surface area contributed by atoms with Crippen LogP contribution in [0.4, 0.5) is 4.79 Å². The summed E-state index contributed by atoms with van der Waals surface area (Å²) in [6.45, 7) is 6.56. The Morgan fingerprint density at radius 3 is 2.55 bits per heavy atom. The van der Waals surface area contributed by atoms with E-state index >= 15 is 0 Å². The fourth-order valence-corrected chi connectivity index (χ4v) is 3.86. The molecular formula is C26H32N2O5. The highest BCUT2D eigenvalue weighted by Crippen LogP contribution is 2.35. The van der Waals surface area contributed by atoms with Crippen molar-refractivity contribution in [2.45, 2.75) is 52.7 Å². The Labute approximate surface area is 195 Å². The number of unbranched alkanes of at least 4 members (excludes halogenated alkanes) is 1. The second-order valence-electron chi connectivity index (χ2n) is 8.15. The highest BCUT2D eigenvalue weighted by atomic mass is 16.5. The van der Waals surface area contributed by atoms with E-state index in [4.69, 9.17) is 14.2 Å². The Morgan fingerprint density at radius 2 is 1.85 bits per heavy atom. The smallest absolute Gasteiger partial charge is 0.337 e. The molecule has 2 aromatic rings. The maximum Gasteiger partial charge on any atom is 0.337 e. The van der Waals surface area contributed by atoms with Crippen LogP contribution in [0.2, 0.25) is 0 Å². The molecular weight excluding hydrogens is 420 g/mol. The summed E-state index contributed by atoms with van der Waals surface area (Å²) in [7, 11) is 2.90. The van der Waals surface area contributed by atoms with Gasteiger partial charge in [0, 0.05) is 5.70 Å². The SMILES string of the molecule is CCCCC1=C(C(=O)OC)C(c2ccc(OCc3cc(C)ccc3C)c(OC)c2)NC(=O)N1. The number of methoxy groups -OCH3 is 2. The van der Waals surface area contributed by atoms with Gasteiger partial charge in [-0.15, -0.1) is 0 Å². The van der Waals surface area contributed by atoms with Gasteiger partial charge in [-0.3, -0.25) is 0 Å². The van der Waals surface area contributed by atoms with E-state index in [1.807, 2.05) is 13.0 Å². The Balaban J connectivity index is 1.92. The van der Waals surface area contributed by atoms with Crippen LogP contribution in [0.1, 0.15) is 54.5 Å². The number of hydrogen-bond acceptors (Lipinski definition) is 5. The Morgan fingerprint density at radius 1 is 1.06 bits per heavy atom. The van der Waals surface area contributed by atoms with Gasteiger partial charge >= 0.3 is 12.0 Å². The minimum absolute atomic E-state index is 0.354. The van der Waals surface area contributed by atoms with Gasteiger partial charge in [0.2, 0.25) is 0 Å². The molecule has 1 aliphatic rings. The number of rotatable bonds is 9. The molecule has 7 nitrogen and oxygen atoms in total. The van der Waals surface area contributed by atoms with Crippen LogP contribution in [0.3, 0.4) is 0 Å². The van der Waals surface area contributed by atoms with Crippen LogP contribution in [0, 0.1) is 13.8 Å². The Bertz CT molecular complexity index is 1060. The van der Waals surface area contributed by atoms with Crippen LogP contribution in [0.5, 0.6) is 11.5 Å². The number of hydrogen-bond donors (Lipinski definition) is 2. The van der Waals surface area contributed by atoms with Gasteiger partial charge in [0.25, 0.3) is 0 Å². The van der Waals surface area contributed by atoms with Crippen LogP contribution in [0.15, 0.2) is 47.7 Å². The zero-order valence-corrected chi connectivity index (χ0v) is 19.9. The molecule has 7 heteroatoms. The summed E-state index contributed by atoms with van der Waals surface area (Å²) in [5.41, 5.74) is 5.12. The quantitative estimate of drug-likeness (QED) is 0.531. The fraction of sp³-hybridized carbons (Fsp3) is 0.385. The average Bonchev–Trinajstić information content (AvgIpc) is 2.82. The molecule has 0 aliphatic carbocycles. The number of allylic oxidation sites excluding steroid dienone is 1. The van der Waals surface area contributed by atoms with E-state index in [9.17, 15) is 9.59 Å². The maximum absolute atomic E-state index is 12.6. The molecule has 0 radical (unpaired) electrons. The number of carbonyl (C=O) groups excluding carboxylic acids is 2. The van der Waals surface area contributed by atoms with Crippen molar-refractivity contribution in [3.8, 4) is 11.5 Å². The van der Waals surface area contributed by atoms with Crippen LogP contribution in [-0.2, 0) is 16.1 Å². The summed E-state index contributed by atoms with van der Waals surface area (Å²) >= 11 is 0. The lowest BCUT2D eigenvalue weighted by Gasteiger charge is -2.29. The molecule has 0 spiro atoms. The third-order valence-corrected chi connectivity index (χ3v) is 5.75. The second kappa shape index (κ2) is 10.9. The van der Waals surface area contributed by atoms with Crippen molar-refractivity contribution in [1.82, 2.24) is 10.6 Å². The topological polar surface area (TPSA) is 85.9 Å². The van der Waals surface area contributed by atoms with Gasteiger partial charge in [0.1, 0.15) is 6.61 Å². The first-order chi connectivity index (χ1) is 15.9. The van der Waals surface area contributed by atoms with Crippen LogP contribution >= 0.6 is 0 Å². The fourth-order valence-electron chi connectivity index (χ4n) is 3.86. The molecule has 0 aromatic heterocycles. The number of nitrogens with one attached hydrogen (secondary N) is 2. The zero-order valence-electron chi connectivity index (χ0n) is 19.9. The molecule has 1 heterocycles. The number of esters is 1. The molecule has 176 valence electrons. The Hall–Kier alpha value is -3.48. The van der Waals surface area contributed by atoms with Crippen molar-refractivity contribution < 1.29 is 23.8 Å². The molecule has 33 heavy (non-hydrogen) atoms. The number of carbonyl (C=O) groups is 2. The van der Waals surface area contributed by atoms with Gasteiger partial charge < -0.3 is 24.8 Å². The molecule has 0 saturated carbocycles. The normalized spacial score (nSPS) is 15.5. The highest BCUT2D eigenvalue weighted by Gasteiger charge is 2.33. The van der Waals surface area contributed by atoms with Gasteiger partial charge in [-0.2, -0.15) is 0 Å². The molecule has 2 amide bonds. The molecule has 0 saturated heterocycles. The molecule has 2 N–H and O–H groups in total. The monoisotopic (exact) mass is 452 g/mol. The molecule has 1 aliphatic heterocycles. The van der Waals surface area contributed by atoms with Crippen molar-refractivity contribution in [2.75, 3.05) is 14.2 Å². The number of amides is 2. The largest absolute Gasteiger partial charge is 0.493 e. The average molecular weight is 453 g/mol. The van der Waals surface area contributed by atoms with Crippen molar-refractivity contribution >= 4 is 12.0 Å². The van der Waals surface area contributed by atoms with E-state index in [2.05, 4.69) is 42.7 Å². The van der Waals surface area contributed by atoms with Gasteiger partial charge in [-0.1, -0.05) is 43.2 Å². The summed E-state index contributed by atoms with van der Waals surface area (Å²) in [4.78, 5) is 25.0. The number of urea groups is 1. The van der Waals surface area contributed by atoms with E-state index < -0.39 is 12.0 Å². The predicted octanol–water partition coefficient (Wildman–Crippen LogP) is 4.86. The van der Waals surface area contributed by atoms with E-state index in [0.717, 1.165) is 24.0 Å². The van der Waals surface area contributed by atoms with Crippen LogP contribution in [-0.4, -0.2) is 26.2 Å². The lowest BCUT2D eigenvalue weighted by Crippen LogP contribution is -2.45. The van der Waals surface area contributed by atoms with E-state index in [0.29, 0.717) is 41.4 Å². The highest BCUT2D eigenvalue weighted by molar-refractivity contribution is 5.95. The van der Waals surface area contributed by atoms with Crippen molar-refractivity contribution in [3.05, 3.63) is 69.9 Å². The van der Waals surface area contributed by atoms with E-state index in [-0.39, 0.29) is 6.03 Å². The molecule has 0 bridgehead atoms. The second-order valence-corrected chi connectivity index (χ2v) is 8.15.